The molecular weight excluding hydrogens is 150 g/mol. The lowest BCUT2D eigenvalue weighted by Crippen LogP contribution is -2.44. The highest BCUT2D eigenvalue weighted by Gasteiger charge is 2.24. The number of rotatable bonds is 3. The second-order valence-electron chi connectivity index (χ2n) is 3.79. The summed E-state index contributed by atoms with van der Waals surface area (Å²) in [5.74, 6) is 1.35. The fourth-order valence-electron chi connectivity index (χ4n) is 2.03. The molecule has 0 aromatic heterocycles. The lowest BCUT2D eigenvalue weighted by Gasteiger charge is -2.36. The Balaban J connectivity index is 2.41. The first-order chi connectivity index (χ1) is 5.80. The van der Waals surface area contributed by atoms with Gasteiger partial charge in [0.05, 0.1) is 0 Å². The Kier molecular flexibility index (Phi) is 3.98. The predicted octanol–water partition coefficient (Wildman–Crippen LogP) is -0.138. The van der Waals surface area contributed by atoms with E-state index in [1.807, 2.05) is 0 Å². The van der Waals surface area contributed by atoms with Gasteiger partial charge in [-0.1, -0.05) is 6.92 Å². The quantitative estimate of drug-likeness (QED) is 0.621. The molecule has 0 saturated carbocycles. The van der Waals surface area contributed by atoms with E-state index in [2.05, 4.69) is 11.8 Å². The Morgan fingerprint density at radius 1 is 1.17 bits per heavy atom. The third kappa shape index (κ3) is 2.44. The van der Waals surface area contributed by atoms with Gasteiger partial charge in [-0.2, -0.15) is 0 Å². The van der Waals surface area contributed by atoms with Crippen LogP contribution in [0.25, 0.3) is 0 Å². The molecule has 0 aromatic rings. The van der Waals surface area contributed by atoms with Crippen molar-refractivity contribution in [2.75, 3.05) is 32.7 Å². The Morgan fingerprint density at radius 2 is 1.67 bits per heavy atom. The average molecular weight is 171 g/mol. The minimum absolute atomic E-state index is 0.673. The minimum atomic E-state index is 0.673. The molecule has 0 amide bonds. The SMILES string of the molecule is CCN1CC(CN)CC(CN)C1. The van der Waals surface area contributed by atoms with Crippen molar-refractivity contribution < 1.29 is 0 Å². The number of piperidine rings is 1. The van der Waals surface area contributed by atoms with Crippen LogP contribution < -0.4 is 11.5 Å². The predicted molar refractivity (Wildman–Crippen MR) is 51.8 cm³/mol. The number of nitrogens with two attached hydrogens (primary N) is 2. The Labute approximate surface area is 75.1 Å². The third-order valence-electron chi connectivity index (χ3n) is 2.81. The number of hydrogen-bond acceptors (Lipinski definition) is 3. The molecule has 2 atom stereocenters. The molecule has 1 saturated heterocycles. The second-order valence-corrected chi connectivity index (χ2v) is 3.79. The third-order valence-corrected chi connectivity index (χ3v) is 2.81. The summed E-state index contributed by atoms with van der Waals surface area (Å²) < 4.78 is 0. The van der Waals surface area contributed by atoms with Crippen LogP contribution in [0.5, 0.6) is 0 Å². The number of hydrogen-bond donors (Lipinski definition) is 2. The highest BCUT2D eigenvalue weighted by molar-refractivity contribution is 4.79. The monoisotopic (exact) mass is 171 g/mol. The summed E-state index contributed by atoms with van der Waals surface area (Å²) >= 11 is 0. The molecular formula is C9H21N3. The van der Waals surface area contributed by atoms with Crippen LogP contribution in [-0.2, 0) is 0 Å². The molecule has 1 fully saturated rings. The first-order valence-corrected chi connectivity index (χ1v) is 4.92. The molecule has 0 aliphatic carbocycles. The van der Waals surface area contributed by atoms with Crippen LogP contribution in [0.2, 0.25) is 0 Å². The molecule has 1 rings (SSSR count). The largest absolute Gasteiger partial charge is 0.330 e. The van der Waals surface area contributed by atoms with Crippen molar-refractivity contribution in [3.8, 4) is 0 Å². The first kappa shape index (κ1) is 9.96. The van der Waals surface area contributed by atoms with Crippen molar-refractivity contribution in [2.24, 2.45) is 23.3 Å². The second kappa shape index (κ2) is 4.80. The van der Waals surface area contributed by atoms with Gasteiger partial charge in [-0.25, -0.2) is 0 Å². The zero-order chi connectivity index (χ0) is 8.97. The van der Waals surface area contributed by atoms with Gasteiger partial charge in [0.25, 0.3) is 0 Å². The van der Waals surface area contributed by atoms with E-state index in [0.717, 1.165) is 19.6 Å². The van der Waals surface area contributed by atoms with Gasteiger partial charge in [0.1, 0.15) is 0 Å². The summed E-state index contributed by atoms with van der Waals surface area (Å²) in [4.78, 5) is 2.46. The van der Waals surface area contributed by atoms with Crippen LogP contribution in [0.1, 0.15) is 13.3 Å². The van der Waals surface area contributed by atoms with Gasteiger partial charge in [-0.3, -0.25) is 0 Å². The fourth-order valence-corrected chi connectivity index (χ4v) is 2.03. The molecule has 0 bridgehead atoms. The van der Waals surface area contributed by atoms with Crippen LogP contribution in [0.3, 0.4) is 0 Å². The van der Waals surface area contributed by atoms with Gasteiger partial charge >= 0.3 is 0 Å². The summed E-state index contributed by atoms with van der Waals surface area (Å²) in [6.07, 6.45) is 1.23. The van der Waals surface area contributed by atoms with E-state index in [1.165, 1.54) is 19.5 Å². The Bertz CT molecular complexity index is 97.2. The maximum absolute atomic E-state index is 5.67. The molecule has 1 aliphatic rings. The van der Waals surface area contributed by atoms with Gasteiger partial charge in [0, 0.05) is 13.1 Å². The lowest BCUT2D eigenvalue weighted by atomic mass is 9.89. The zero-order valence-electron chi connectivity index (χ0n) is 8.00. The molecule has 0 spiro atoms. The van der Waals surface area contributed by atoms with Gasteiger partial charge in [0.15, 0.2) is 0 Å². The van der Waals surface area contributed by atoms with Gasteiger partial charge in [-0.05, 0) is 37.9 Å². The molecule has 2 unspecified atom stereocenters. The van der Waals surface area contributed by atoms with Crippen molar-refractivity contribution in [2.45, 2.75) is 13.3 Å². The van der Waals surface area contributed by atoms with Gasteiger partial charge in [-0.15, -0.1) is 0 Å². The fraction of sp³-hybridized carbons (Fsp3) is 1.00. The molecule has 3 heteroatoms. The van der Waals surface area contributed by atoms with Crippen LogP contribution in [-0.4, -0.2) is 37.6 Å². The van der Waals surface area contributed by atoms with E-state index in [4.69, 9.17) is 11.5 Å². The average Bonchev–Trinajstić information content (AvgIpc) is 2.16. The smallest absolute Gasteiger partial charge is 0.00218 e. The molecule has 3 nitrogen and oxygen atoms in total. The molecule has 0 aromatic carbocycles. The van der Waals surface area contributed by atoms with Crippen molar-refractivity contribution in [1.82, 2.24) is 4.90 Å². The van der Waals surface area contributed by atoms with Crippen LogP contribution >= 0.6 is 0 Å². The van der Waals surface area contributed by atoms with Crippen molar-refractivity contribution in [3.63, 3.8) is 0 Å². The summed E-state index contributed by atoms with van der Waals surface area (Å²) in [5, 5.41) is 0. The highest BCUT2D eigenvalue weighted by Crippen LogP contribution is 2.19. The zero-order valence-corrected chi connectivity index (χ0v) is 8.00. The van der Waals surface area contributed by atoms with E-state index in [0.29, 0.717) is 11.8 Å². The van der Waals surface area contributed by atoms with Crippen molar-refractivity contribution in [1.29, 1.82) is 0 Å². The molecule has 1 heterocycles. The summed E-state index contributed by atoms with van der Waals surface area (Å²) in [7, 11) is 0. The molecule has 12 heavy (non-hydrogen) atoms. The molecule has 1 aliphatic heterocycles. The summed E-state index contributed by atoms with van der Waals surface area (Å²) in [5.41, 5.74) is 11.3. The Morgan fingerprint density at radius 3 is 2.00 bits per heavy atom. The summed E-state index contributed by atoms with van der Waals surface area (Å²) in [6, 6.07) is 0. The number of nitrogens with zero attached hydrogens (tertiary/aromatic N) is 1. The maximum atomic E-state index is 5.67. The van der Waals surface area contributed by atoms with Gasteiger partial charge in [0.2, 0.25) is 0 Å². The number of likely N-dealkylation sites (tertiary alicyclic amines) is 1. The molecule has 72 valence electrons. The lowest BCUT2D eigenvalue weighted by molar-refractivity contribution is 0.137. The topological polar surface area (TPSA) is 55.3 Å². The summed E-state index contributed by atoms with van der Waals surface area (Å²) in [6.45, 7) is 7.30. The standard InChI is InChI=1S/C9H21N3/c1-2-12-6-8(4-10)3-9(5-11)7-12/h8-9H,2-7,10-11H2,1H3. The normalized spacial score (nSPS) is 32.2. The van der Waals surface area contributed by atoms with Gasteiger partial charge < -0.3 is 16.4 Å². The van der Waals surface area contributed by atoms with Crippen LogP contribution in [0.4, 0.5) is 0 Å². The van der Waals surface area contributed by atoms with Crippen molar-refractivity contribution >= 4 is 0 Å². The minimum Gasteiger partial charge on any atom is -0.330 e. The molecule has 4 N–H and O–H groups in total. The van der Waals surface area contributed by atoms with E-state index in [1.54, 1.807) is 0 Å². The molecule has 0 radical (unpaired) electrons. The first-order valence-electron chi connectivity index (χ1n) is 4.92. The highest BCUT2D eigenvalue weighted by atomic mass is 15.1. The van der Waals surface area contributed by atoms with Crippen molar-refractivity contribution in [3.05, 3.63) is 0 Å². The van der Waals surface area contributed by atoms with Crippen LogP contribution in [0, 0.1) is 11.8 Å². The Hall–Kier alpha value is -0.120. The van der Waals surface area contributed by atoms with Crippen LogP contribution in [0.15, 0.2) is 0 Å². The van der Waals surface area contributed by atoms with E-state index < -0.39 is 0 Å². The maximum Gasteiger partial charge on any atom is 0.00218 e. The van der Waals surface area contributed by atoms with E-state index >= 15 is 0 Å². The van der Waals surface area contributed by atoms with E-state index in [9.17, 15) is 0 Å². The van der Waals surface area contributed by atoms with E-state index in [-0.39, 0.29) is 0 Å².